The van der Waals surface area contributed by atoms with Crippen molar-refractivity contribution >= 4 is 33.1 Å². The Hall–Kier alpha value is -2.34. The van der Waals surface area contributed by atoms with Crippen LogP contribution in [-0.2, 0) is 12.8 Å². The predicted octanol–water partition coefficient (Wildman–Crippen LogP) is 3.60. The third kappa shape index (κ3) is 2.60. The van der Waals surface area contributed by atoms with E-state index in [1.807, 2.05) is 29.5 Å². The number of rotatable bonds is 2. The monoisotopic (exact) mass is 366 g/mol. The molecule has 1 aromatic carbocycles. The first-order chi connectivity index (χ1) is 12.8. The van der Waals surface area contributed by atoms with Gasteiger partial charge in [0.15, 0.2) is 0 Å². The molecule has 1 aliphatic heterocycles. The predicted molar refractivity (Wildman–Crippen MR) is 107 cm³/mol. The highest BCUT2D eigenvalue weighted by atomic mass is 32.1. The van der Waals surface area contributed by atoms with E-state index >= 15 is 0 Å². The van der Waals surface area contributed by atoms with Gasteiger partial charge in [0.25, 0.3) is 0 Å². The summed E-state index contributed by atoms with van der Waals surface area (Å²) in [6.45, 7) is 3.58. The smallest absolute Gasteiger partial charge is 0.141 e. The Morgan fingerprint density at radius 3 is 2.54 bits per heavy atom. The minimum Gasteiger partial charge on any atom is -0.506 e. The van der Waals surface area contributed by atoms with Gasteiger partial charge in [0.2, 0.25) is 0 Å². The van der Waals surface area contributed by atoms with Gasteiger partial charge in [-0.15, -0.1) is 11.3 Å². The van der Waals surface area contributed by atoms with Crippen LogP contribution in [0.15, 0.2) is 30.6 Å². The van der Waals surface area contributed by atoms with Crippen LogP contribution in [0, 0.1) is 0 Å². The van der Waals surface area contributed by atoms with E-state index in [1.165, 1.54) is 35.1 Å². The number of aryl methyl sites for hydroxylation is 2. The number of aromatic hydroxyl groups is 1. The van der Waals surface area contributed by atoms with Crippen LogP contribution in [0.4, 0.5) is 11.5 Å². The molecule has 6 heteroatoms. The highest BCUT2D eigenvalue weighted by Gasteiger charge is 2.25. The third-order valence-electron chi connectivity index (χ3n) is 5.53. The summed E-state index contributed by atoms with van der Waals surface area (Å²) in [4.78, 5) is 16.5. The number of hydrogen-bond acceptors (Lipinski definition) is 6. The molecule has 1 N–H and O–H groups in total. The molecule has 0 radical (unpaired) electrons. The first-order valence-electron chi connectivity index (χ1n) is 9.34. The molecule has 0 saturated carbocycles. The van der Waals surface area contributed by atoms with Gasteiger partial charge in [-0.05, 0) is 43.4 Å². The van der Waals surface area contributed by atoms with Gasteiger partial charge in [-0.3, -0.25) is 0 Å². The van der Waals surface area contributed by atoms with E-state index in [-0.39, 0.29) is 0 Å². The molecule has 0 spiro atoms. The first-order valence-corrected chi connectivity index (χ1v) is 10.2. The fourth-order valence-electron chi connectivity index (χ4n) is 4.20. The van der Waals surface area contributed by atoms with E-state index in [2.05, 4.69) is 19.8 Å². The van der Waals surface area contributed by atoms with Crippen molar-refractivity contribution in [1.29, 1.82) is 0 Å². The summed E-state index contributed by atoms with van der Waals surface area (Å²) >= 11 is 1.86. The zero-order valence-electron chi connectivity index (χ0n) is 14.7. The zero-order valence-corrected chi connectivity index (χ0v) is 15.5. The Morgan fingerprint density at radius 1 is 0.923 bits per heavy atom. The number of nitrogens with zero attached hydrogens (tertiary/aromatic N) is 4. The highest BCUT2D eigenvalue weighted by Crippen LogP contribution is 2.39. The molecule has 134 valence electrons. The summed E-state index contributed by atoms with van der Waals surface area (Å²) in [5.74, 6) is 1.46. The average Bonchev–Trinajstić information content (AvgIpc) is 3.07. The zero-order chi connectivity index (χ0) is 17.5. The summed E-state index contributed by atoms with van der Waals surface area (Å²) in [5.41, 5.74) is 2.42. The van der Waals surface area contributed by atoms with Crippen LogP contribution in [0.2, 0.25) is 0 Å². The van der Waals surface area contributed by atoms with Gasteiger partial charge in [-0.1, -0.05) is 12.1 Å². The van der Waals surface area contributed by atoms with Crippen molar-refractivity contribution < 1.29 is 5.11 Å². The molecule has 1 aliphatic carbocycles. The second-order valence-corrected chi connectivity index (χ2v) is 8.13. The summed E-state index contributed by atoms with van der Waals surface area (Å²) in [6, 6.07) is 7.59. The number of piperazine rings is 1. The SMILES string of the molecule is Oc1ccccc1N1CCN(c2ncnc3sc4c(c23)CCCC4)CC1. The maximum atomic E-state index is 10.1. The number of hydrogen-bond donors (Lipinski definition) is 1. The molecule has 3 aromatic rings. The van der Waals surface area contributed by atoms with Crippen LogP contribution in [0.1, 0.15) is 23.3 Å². The number of anilines is 2. The van der Waals surface area contributed by atoms with Crippen LogP contribution in [0.3, 0.4) is 0 Å². The number of benzene rings is 1. The third-order valence-corrected chi connectivity index (χ3v) is 6.73. The molecule has 0 atom stereocenters. The van der Waals surface area contributed by atoms with Crippen molar-refractivity contribution in [2.75, 3.05) is 36.0 Å². The quantitative estimate of drug-likeness (QED) is 0.751. The Kier molecular flexibility index (Phi) is 3.93. The minimum atomic E-state index is 0.359. The van der Waals surface area contributed by atoms with Crippen molar-refractivity contribution in [1.82, 2.24) is 9.97 Å². The number of para-hydroxylation sites is 2. The lowest BCUT2D eigenvalue weighted by molar-refractivity contribution is 0.472. The normalized spacial score (nSPS) is 17.5. The summed E-state index contributed by atoms with van der Waals surface area (Å²) < 4.78 is 0. The Morgan fingerprint density at radius 2 is 1.69 bits per heavy atom. The lowest BCUT2D eigenvalue weighted by Gasteiger charge is -2.37. The van der Waals surface area contributed by atoms with E-state index in [0.29, 0.717) is 5.75 Å². The van der Waals surface area contributed by atoms with Crippen molar-refractivity contribution in [2.45, 2.75) is 25.7 Å². The van der Waals surface area contributed by atoms with Crippen molar-refractivity contribution in [3.05, 3.63) is 41.0 Å². The molecule has 0 amide bonds. The van der Waals surface area contributed by atoms with Crippen LogP contribution >= 0.6 is 11.3 Å². The summed E-state index contributed by atoms with van der Waals surface area (Å²) in [7, 11) is 0. The van der Waals surface area contributed by atoms with E-state index in [0.717, 1.165) is 48.9 Å². The van der Waals surface area contributed by atoms with Gasteiger partial charge in [-0.25, -0.2) is 9.97 Å². The first kappa shape index (κ1) is 15.9. The number of fused-ring (bicyclic) bond motifs is 3. The highest BCUT2D eigenvalue weighted by molar-refractivity contribution is 7.19. The Labute approximate surface area is 156 Å². The van der Waals surface area contributed by atoms with Crippen molar-refractivity contribution in [3.63, 3.8) is 0 Å². The summed E-state index contributed by atoms with van der Waals surface area (Å²) in [6.07, 6.45) is 6.63. The van der Waals surface area contributed by atoms with Gasteiger partial charge in [0, 0.05) is 31.1 Å². The van der Waals surface area contributed by atoms with Gasteiger partial charge in [-0.2, -0.15) is 0 Å². The van der Waals surface area contributed by atoms with Gasteiger partial charge in [0.1, 0.15) is 22.7 Å². The second kappa shape index (κ2) is 6.43. The standard InChI is InChI=1S/C20H22N4OS/c25-16-7-3-2-6-15(16)23-9-11-24(12-10-23)19-18-14-5-1-4-8-17(14)26-20(18)22-13-21-19/h2-3,6-7,13,25H,1,4-5,8-12H2. The number of phenolic OH excluding ortho intramolecular Hbond substituents is 1. The molecular weight excluding hydrogens is 344 g/mol. The van der Waals surface area contributed by atoms with Crippen LogP contribution in [-0.4, -0.2) is 41.3 Å². The van der Waals surface area contributed by atoms with Gasteiger partial charge >= 0.3 is 0 Å². The molecule has 2 aliphatic rings. The largest absolute Gasteiger partial charge is 0.506 e. The van der Waals surface area contributed by atoms with Gasteiger partial charge < -0.3 is 14.9 Å². The van der Waals surface area contributed by atoms with Crippen molar-refractivity contribution in [3.8, 4) is 5.75 Å². The average molecular weight is 366 g/mol. The fraction of sp³-hybridized carbons (Fsp3) is 0.400. The molecule has 2 aromatic heterocycles. The molecule has 5 nitrogen and oxygen atoms in total. The maximum Gasteiger partial charge on any atom is 0.141 e. The molecule has 0 unspecified atom stereocenters. The molecule has 1 fully saturated rings. The second-order valence-electron chi connectivity index (χ2n) is 7.05. The Bertz CT molecular complexity index is 946. The lowest BCUT2D eigenvalue weighted by Crippen LogP contribution is -2.47. The maximum absolute atomic E-state index is 10.1. The molecular formula is C20H22N4OS. The van der Waals surface area contributed by atoms with Crippen molar-refractivity contribution in [2.24, 2.45) is 0 Å². The fourth-order valence-corrected chi connectivity index (χ4v) is 5.43. The van der Waals surface area contributed by atoms with E-state index in [9.17, 15) is 5.11 Å². The van der Waals surface area contributed by atoms with E-state index < -0.39 is 0 Å². The summed E-state index contributed by atoms with van der Waals surface area (Å²) in [5, 5.41) is 11.4. The van der Waals surface area contributed by atoms with Crippen LogP contribution in [0.25, 0.3) is 10.2 Å². The molecule has 0 bridgehead atoms. The van der Waals surface area contributed by atoms with Gasteiger partial charge in [0.05, 0.1) is 11.1 Å². The molecule has 1 saturated heterocycles. The molecule has 3 heterocycles. The van der Waals surface area contributed by atoms with E-state index in [4.69, 9.17) is 0 Å². The minimum absolute atomic E-state index is 0.359. The van der Waals surface area contributed by atoms with Crippen LogP contribution in [0.5, 0.6) is 5.75 Å². The number of phenols is 1. The lowest BCUT2D eigenvalue weighted by atomic mass is 9.97. The van der Waals surface area contributed by atoms with E-state index in [1.54, 1.807) is 12.4 Å². The molecule has 26 heavy (non-hydrogen) atoms. The number of thiophene rings is 1. The Balaban J connectivity index is 1.43. The van der Waals surface area contributed by atoms with Crippen LogP contribution < -0.4 is 9.80 Å². The topological polar surface area (TPSA) is 52.5 Å². The molecule has 5 rings (SSSR count). The number of aromatic nitrogens is 2.